The Morgan fingerprint density at radius 1 is 1.71 bits per heavy atom. The molecule has 2 aromatic heterocycles. The lowest BCUT2D eigenvalue weighted by atomic mass is 10.3. The van der Waals surface area contributed by atoms with Crippen LogP contribution in [0, 0.1) is 0 Å². The number of aromatic nitrogens is 2. The van der Waals surface area contributed by atoms with Crippen molar-refractivity contribution in [2.75, 3.05) is 7.11 Å². The van der Waals surface area contributed by atoms with Crippen LogP contribution in [0.2, 0.25) is 0 Å². The first kappa shape index (κ1) is 9.17. The lowest BCUT2D eigenvalue weighted by Crippen LogP contribution is -1.93. The number of nitrogens with one attached hydrogen (secondary N) is 1. The molecule has 0 bridgehead atoms. The van der Waals surface area contributed by atoms with Gasteiger partial charge in [0.1, 0.15) is 0 Å². The fourth-order valence-electron chi connectivity index (χ4n) is 1.07. The van der Waals surface area contributed by atoms with Crippen molar-refractivity contribution in [2.45, 2.75) is 6.61 Å². The van der Waals surface area contributed by atoms with Crippen molar-refractivity contribution in [3.8, 4) is 10.8 Å². The van der Waals surface area contributed by atoms with Gasteiger partial charge in [0, 0.05) is 7.11 Å². The van der Waals surface area contributed by atoms with Gasteiger partial charge < -0.3 is 9.15 Å². The van der Waals surface area contributed by atoms with Gasteiger partial charge in [0.2, 0.25) is 0 Å². The van der Waals surface area contributed by atoms with Gasteiger partial charge in [-0.15, -0.1) is 16.4 Å². The van der Waals surface area contributed by atoms with E-state index in [0.29, 0.717) is 12.5 Å². The minimum absolute atomic E-state index is 0.322. The van der Waals surface area contributed by atoms with Gasteiger partial charge in [-0.3, -0.25) is 0 Å². The summed E-state index contributed by atoms with van der Waals surface area (Å²) in [7, 11) is 1.63. The van der Waals surface area contributed by atoms with E-state index in [-0.39, 0.29) is 0 Å². The van der Waals surface area contributed by atoms with Crippen LogP contribution in [0.15, 0.2) is 20.7 Å². The Kier molecular flexibility index (Phi) is 2.47. The molecule has 74 valence electrons. The van der Waals surface area contributed by atoms with Gasteiger partial charge in [-0.05, 0) is 17.0 Å². The maximum Gasteiger partial charge on any atom is 0.434 e. The maximum absolute atomic E-state index is 10.7. The van der Waals surface area contributed by atoms with Crippen LogP contribution < -0.4 is 5.76 Å². The summed E-state index contributed by atoms with van der Waals surface area (Å²) < 4.78 is 9.78. The summed E-state index contributed by atoms with van der Waals surface area (Å²) in [6.07, 6.45) is 0. The largest absolute Gasteiger partial charge is 0.434 e. The van der Waals surface area contributed by atoms with Crippen LogP contribution in [0.3, 0.4) is 0 Å². The summed E-state index contributed by atoms with van der Waals surface area (Å²) in [5.74, 6) is -0.218. The van der Waals surface area contributed by atoms with Crippen molar-refractivity contribution >= 4 is 11.3 Å². The van der Waals surface area contributed by atoms with Crippen LogP contribution in [0.4, 0.5) is 0 Å². The third-order valence-electron chi connectivity index (χ3n) is 1.61. The average molecular weight is 212 g/mol. The molecule has 14 heavy (non-hydrogen) atoms. The van der Waals surface area contributed by atoms with Crippen LogP contribution in [0.5, 0.6) is 0 Å². The summed E-state index contributed by atoms with van der Waals surface area (Å²) in [5.41, 5.74) is 1.04. The van der Waals surface area contributed by atoms with E-state index in [0.717, 1.165) is 10.4 Å². The van der Waals surface area contributed by atoms with Crippen molar-refractivity contribution in [3.63, 3.8) is 0 Å². The van der Waals surface area contributed by atoms with Crippen LogP contribution in [0.1, 0.15) is 5.56 Å². The smallest absolute Gasteiger partial charge is 0.387 e. The first-order valence-corrected chi connectivity index (χ1v) is 4.80. The third-order valence-corrected chi connectivity index (χ3v) is 2.58. The van der Waals surface area contributed by atoms with Crippen LogP contribution in [0.25, 0.3) is 10.8 Å². The molecule has 0 aliphatic rings. The van der Waals surface area contributed by atoms with Gasteiger partial charge >= 0.3 is 5.76 Å². The number of nitrogens with zero attached hydrogens (tertiary/aromatic N) is 1. The number of methoxy groups -OCH3 is 1. The Morgan fingerprint density at radius 2 is 2.57 bits per heavy atom. The standard InChI is InChI=1S/C8H8N2O3S/c1-12-3-5-2-6(14-4-5)7-9-10-8(11)13-7/h2,4H,3H2,1H3,(H,10,11). The number of aromatic amines is 1. The van der Waals surface area contributed by atoms with Gasteiger partial charge in [0.15, 0.2) is 0 Å². The molecule has 0 saturated carbocycles. The molecule has 5 nitrogen and oxygen atoms in total. The highest BCUT2D eigenvalue weighted by Crippen LogP contribution is 2.24. The number of hydrogen-bond acceptors (Lipinski definition) is 5. The van der Waals surface area contributed by atoms with Crippen molar-refractivity contribution in [1.29, 1.82) is 0 Å². The highest BCUT2D eigenvalue weighted by atomic mass is 32.1. The van der Waals surface area contributed by atoms with Crippen molar-refractivity contribution in [2.24, 2.45) is 0 Å². The second-order valence-electron chi connectivity index (χ2n) is 2.67. The number of hydrogen-bond donors (Lipinski definition) is 1. The Bertz CT molecular complexity index is 471. The number of rotatable bonds is 3. The monoisotopic (exact) mass is 212 g/mol. The molecule has 0 atom stereocenters. The van der Waals surface area contributed by atoms with E-state index < -0.39 is 5.76 Å². The molecule has 0 aliphatic heterocycles. The van der Waals surface area contributed by atoms with Crippen LogP contribution in [-0.2, 0) is 11.3 Å². The highest BCUT2D eigenvalue weighted by molar-refractivity contribution is 7.13. The molecule has 0 fully saturated rings. The molecule has 0 spiro atoms. The predicted molar refractivity (Wildman–Crippen MR) is 51.1 cm³/mol. The zero-order chi connectivity index (χ0) is 9.97. The van der Waals surface area contributed by atoms with E-state index in [1.807, 2.05) is 11.4 Å². The first-order chi connectivity index (χ1) is 6.79. The van der Waals surface area contributed by atoms with E-state index in [2.05, 4.69) is 10.2 Å². The Balaban J connectivity index is 2.28. The number of H-pyrrole nitrogens is 1. The molecule has 0 amide bonds. The second-order valence-corrected chi connectivity index (χ2v) is 3.58. The zero-order valence-corrected chi connectivity index (χ0v) is 8.26. The molecule has 0 aromatic carbocycles. The fourth-order valence-corrected chi connectivity index (χ4v) is 1.89. The highest BCUT2D eigenvalue weighted by Gasteiger charge is 2.08. The fraction of sp³-hybridized carbons (Fsp3) is 0.250. The Hall–Kier alpha value is -1.40. The number of ether oxygens (including phenoxy) is 1. The lowest BCUT2D eigenvalue weighted by Gasteiger charge is -1.90. The van der Waals surface area contributed by atoms with E-state index in [9.17, 15) is 4.79 Å². The van der Waals surface area contributed by atoms with E-state index in [4.69, 9.17) is 9.15 Å². The summed E-state index contributed by atoms with van der Waals surface area (Å²) >= 11 is 1.46. The van der Waals surface area contributed by atoms with Gasteiger partial charge in [-0.25, -0.2) is 9.89 Å². The predicted octanol–water partition coefficient (Wildman–Crippen LogP) is 1.24. The summed E-state index contributed by atoms with van der Waals surface area (Å²) in [6.45, 7) is 0.547. The van der Waals surface area contributed by atoms with Crippen LogP contribution >= 0.6 is 11.3 Å². The molecule has 0 unspecified atom stereocenters. The van der Waals surface area contributed by atoms with Crippen molar-refractivity contribution in [1.82, 2.24) is 10.2 Å². The molecule has 0 radical (unpaired) electrons. The van der Waals surface area contributed by atoms with Gasteiger partial charge in [-0.2, -0.15) is 0 Å². The quantitative estimate of drug-likeness (QED) is 0.831. The molecule has 6 heteroatoms. The zero-order valence-electron chi connectivity index (χ0n) is 7.44. The summed E-state index contributed by atoms with van der Waals surface area (Å²) in [5, 5.41) is 7.87. The molecule has 1 N–H and O–H groups in total. The SMILES string of the molecule is COCc1csc(-c2n[nH]c(=O)o2)c1. The van der Waals surface area contributed by atoms with Gasteiger partial charge in [0.05, 0.1) is 11.5 Å². The average Bonchev–Trinajstić information content (AvgIpc) is 2.74. The maximum atomic E-state index is 10.7. The Morgan fingerprint density at radius 3 is 3.21 bits per heavy atom. The third kappa shape index (κ3) is 1.75. The molecule has 2 rings (SSSR count). The van der Waals surface area contributed by atoms with E-state index >= 15 is 0 Å². The minimum atomic E-state index is -0.540. The second kappa shape index (κ2) is 3.77. The Labute approximate surface area is 83.3 Å². The summed E-state index contributed by atoms with van der Waals surface area (Å²) in [6, 6.07) is 1.88. The first-order valence-electron chi connectivity index (χ1n) is 3.92. The molecule has 0 aliphatic carbocycles. The molecule has 0 saturated heterocycles. The summed E-state index contributed by atoms with van der Waals surface area (Å²) in [4.78, 5) is 11.5. The molecular weight excluding hydrogens is 204 g/mol. The van der Waals surface area contributed by atoms with E-state index in [1.54, 1.807) is 7.11 Å². The normalized spacial score (nSPS) is 10.6. The lowest BCUT2D eigenvalue weighted by molar-refractivity contribution is 0.185. The molecule has 2 aromatic rings. The molecule has 2 heterocycles. The van der Waals surface area contributed by atoms with Gasteiger partial charge in [-0.1, -0.05) is 0 Å². The minimum Gasteiger partial charge on any atom is -0.387 e. The van der Waals surface area contributed by atoms with E-state index in [1.165, 1.54) is 11.3 Å². The van der Waals surface area contributed by atoms with Crippen molar-refractivity contribution < 1.29 is 9.15 Å². The topological polar surface area (TPSA) is 68.1 Å². The number of thiophene rings is 1. The molecular formula is C8H8N2O3S. The van der Waals surface area contributed by atoms with Gasteiger partial charge in [0.25, 0.3) is 5.89 Å². The van der Waals surface area contributed by atoms with Crippen molar-refractivity contribution in [3.05, 3.63) is 27.6 Å². The van der Waals surface area contributed by atoms with Crippen LogP contribution in [-0.4, -0.2) is 17.3 Å².